The number of hydrogen-bond donors (Lipinski definition) is 1. The van der Waals surface area contributed by atoms with Crippen LogP contribution in [0.4, 0.5) is 10.1 Å². The van der Waals surface area contributed by atoms with Crippen LogP contribution in [0, 0.1) is 5.82 Å². The van der Waals surface area contributed by atoms with Crippen LogP contribution < -0.4 is 5.32 Å². The summed E-state index contributed by atoms with van der Waals surface area (Å²) in [5.41, 5.74) is 5.65. The number of anilines is 1. The van der Waals surface area contributed by atoms with Gasteiger partial charge in [-0.2, -0.15) is 0 Å². The third kappa shape index (κ3) is 3.64. The maximum atomic E-state index is 12.9. The summed E-state index contributed by atoms with van der Waals surface area (Å²) in [4.78, 5) is 8.64. The van der Waals surface area contributed by atoms with Gasteiger partial charge in [0.05, 0.1) is 28.8 Å². The molecule has 0 fully saturated rings. The summed E-state index contributed by atoms with van der Waals surface area (Å²) in [5, 5.41) is 5.37. The zero-order valence-electron chi connectivity index (χ0n) is 11.3. The Morgan fingerprint density at radius 2 is 1.90 bits per heavy atom. The predicted octanol–water partition coefficient (Wildman–Crippen LogP) is 4.00. The second kappa shape index (κ2) is 6.45. The van der Waals surface area contributed by atoms with E-state index >= 15 is 0 Å². The van der Waals surface area contributed by atoms with Crippen LogP contribution >= 0.6 is 11.3 Å². The molecule has 3 nitrogen and oxygen atoms in total. The second-order valence-corrected chi connectivity index (χ2v) is 5.31. The van der Waals surface area contributed by atoms with E-state index in [1.807, 2.05) is 17.6 Å². The minimum absolute atomic E-state index is 0.237. The molecule has 2 aromatic heterocycles. The van der Waals surface area contributed by atoms with Crippen molar-refractivity contribution in [3.8, 4) is 11.3 Å². The first-order valence-corrected chi connectivity index (χ1v) is 7.58. The number of hydrogen-bond acceptors (Lipinski definition) is 4. The molecule has 0 bridgehead atoms. The number of pyridine rings is 1. The zero-order valence-corrected chi connectivity index (χ0v) is 12.1. The van der Waals surface area contributed by atoms with Crippen molar-refractivity contribution in [3.05, 3.63) is 65.0 Å². The molecule has 0 amide bonds. The van der Waals surface area contributed by atoms with E-state index in [1.54, 1.807) is 29.7 Å². The number of rotatable bonds is 5. The lowest BCUT2D eigenvalue weighted by Crippen LogP contribution is -2.05. The van der Waals surface area contributed by atoms with Crippen LogP contribution in [0.15, 0.2) is 53.5 Å². The molecule has 21 heavy (non-hydrogen) atoms. The number of thiazole rings is 1. The number of halogens is 1. The summed E-state index contributed by atoms with van der Waals surface area (Å²) in [7, 11) is 0. The maximum absolute atomic E-state index is 12.9. The fourth-order valence-corrected chi connectivity index (χ4v) is 2.58. The Labute approximate surface area is 126 Å². The Morgan fingerprint density at radius 1 is 1.05 bits per heavy atom. The second-order valence-electron chi connectivity index (χ2n) is 4.60. The molecule has 106 valence electrons. The Morgan fingerprint density at radius 3 is 2.57 bits per heavy atom. The molecule has 0 aliphatic carbocycles. The van der Waals surface area contributed by atoms with E-state index in [0.29, 0.717) is 0 Å². The number of nitrogens with one attached hydrogen (secondary N) is 1. The summed E-state index contributed by atoms with van der Waals surface area (Å²) in [6.45, 7) is 0.821. The fourth-order valence-electron chi connectivity index (χ4n) is 1.99. The molecule has 1 N–H and O–H groups in total. The average Bonchev–Trinajstić information content (AvgIpc) is 3.02. The van der Waals surface area contributed by atoms with Crippen molar-refractivity contribution in [2.24, 2.45) is 0 Å². The van der Waals surface area contributed by atoms with Gasteiger partial charge < -0.3 is 5.32 Å². The van der Waals surface area contributed by atoms with Gasteiger partial charge in [-0.3, -0.25) is 4.98 Å². The highest BCUT2D eigenvalue weighted by atomic mass is 32.1. The van der Waals surface area contributed by atoms with Gasteiger partial charge in [-0.1, -0.05) is 0 Å². The lowest BCUT2D eigenvalue weighted by Gasteiger charge is -2.06. The summed E-state index contributed by atoms with van der Waals surface area (Å²) in [6.07, 6.45) is 2.68. The van der Waals surface area contributed by atoms with Crippen LogP contribution in [0.3, 0.4) is 0 Å². The lowest BCUT2D eigenvalue weighted by atomic mass is 10.1. The molecule has 0 unspecified atom stereocenters. The van der Waals surface area contributed by atoms with Gasteiger partial charge in [0, 0.05) is 23.9 Å². The first kappa shape index (κ1) is 13.7. The molecule has 1 aromatic carbocycles. The maximum Gasteiger partial charge on any atom is 0.123 e. The van der Waals surface area contributed by atoms with Crippen LogP contribution in [-0.2, 0) is 6.42 Å². The molecule has 0 radical (unpaired) electrons. The zero-order chi connectivity index (χ0) is 14.5. The van der Waals surface area contributed by atoms with E-state index in [9.17, 15) is 4.39 Å². The molecule has 0 aliphatic rings. The van der Waals surface area contributed by atoms with Crippen LogP contribution in [-0.4, -0.2) is 16.5 Å². The average molecular weight is 299 g/mol. The van der Waals surface area contributed by atoms with E-state index in [1.165, 1.54) is 12.1 Å². The molecule has 0 saturated carbocycles. The van der Waals surface area contributed by atoms with Crippen molar-refractivity contribution in [2.75, 3.05) is 11.9 Å². The highest BCUT2D eigenvalue weighted by Crippen LogP contribution is 2.18. The van der Waals surface area contributed by atoms with E-state index in [2.05, 4.69) is 20.7 Å². The molecule has 0 aliphatic heterocycles. The van der Waals surface area contributed by atoms with Crippen LogP contribution in [0.1, 0.15) is 5.69 Å². The third-order valence-electron chi connectivity index (χ3n) is 3.10. The summed E-state index contributed by atoms with van der Waals surface area (Å²) in [6, 6.07) is 10.2. The molecular formula is C16H14FN3S. The predicted molar refractivity (Wildman–Crippen MR) is 83.9 cm³/mol. The largest absolute Gasteiger partial charge is 0.383 e. The third-order valence-corrected chi connectivity index (χ3v) is 3.73. The Bertz CT molecular complexity index is 679. The molecule has 0 saturated heterocycles. The smallest absolute Gasteiger partial charge is 0.123 e. The standard InChI is InChI=1S/C16H14FN3S/c17-13-3-1-12(2-4-13)16-6-5-14(9-19-16)18-8-7-15-10-21-11-20-15/h1-6,9-11,18H,7-8H2. The minimum atomic E-state index is -0.237. The SMILES string of the molecule is Fc1ccc(-c2ccc(NCCc3cscn3)cn2)cc1. The van der Waals surface area contributed by atoms with E-state index in [-0.39, 0.29) is 5.82 Å². The van der Waals surface area contributed by atoms with Gasteiger partial charge in [0.2, 0.25) is 0 Å². The van der Waals surface area contributed by atoms with E-state index in [0.717, 1.165) is 35.6 Å². The van der Waals surface area contributed by atoms with E-state index in [4.69, 9.17) is 0 Å². The summed E-state index contributed by atoms with van der Waals surface area (Å²) in [5.74, 6) is -0.237. The molecule has 0 atom stereocenters. The van der Waals surface area contributed by atoms with Gasteiger partial charge in [0.1, 0.15) is 5.82 Å². The fraction of sp³-hybridized carbons (Fsp3) is 0.125. The van der Waals surface area contributed by atoms with Crippen molar-refractivity contribution in [1.82, 2.24) is 9.97 Å². The van der Waals surface area contributed by atoms with Gasteiger partial charge >= 0.3 is 0 Å². The molecule has 5 heteroatoms. The number of nitrogens with zero attached hydrogens (tertiary/aromatic N) is 2. The quantitative estimate of drug-likeness (QED) is 0.774. The molecule has 0 spiro atoms. The lowest BCUT2D eigenvalue weighted by molar-refractivity contribution is 0.628. The summed E-state index contributed by atoms with van der Waals surface area (Å²) >= 11 is 1.61. The normalized spacial score (nSPS) is 10.5. The highest BCUT2D eigenvalue weighted by molar-refractivity contribution is 7.07. The molecule has 2 heterocycles. The molecule has 3 rings (SSSR count). The van der Waals surface area contributed by atoms with Gasteiger partial charge in [0.15, 0.2) is 0 Å². The Hall–Kier alpha value is -2.27. The van der Waals surface area contributed by atoms with E-state index < -0.39 is 0 Å². The van der Waals surface area contributed by atoms with Gasteiger partial charge in [-0.15, -0.1) is 11.3 Å². The summed E-state index contributed by atoms with van der Waals surface area (Å²) < 4.78 is 12.9. The van der Waals surface area contributed by atoms with Crippen LogP contribution in [0.5, 0.6) is 0 Å². The first-order chi connectivity index (χ1) is 10.3. The highest BCUT2D eigenvalue weighted by Gasteiger charge is 2.00. The van der Waals surface area contributed by atoms with Crippen molar-refractivity contribution >= 4 is 17.0 Å². The number of benzene rings is 1. The van der Waals surface area contributed by atoms with Crippen molar-refractivity contribution < 1.29 is 4.39 Å². The van der Waals surface area contributed by atoms with Crippen molar-refractivity contribution in [1.29, 1.82) is 0 Å². The Kier molecular flexibility index (Phi) is 4.21. The van der Waals surface area contributed by atoms with Crippen LogP contribution in [0.25, 0.3) is 11.3 Å². The minimum Gasteiger partial charge on any atom is -0.383 e. The Balaban J connectivity index is 1.60. The molecule has 3 aromatic rings. The number of aromatic nitrogens is 2. The van der Waals surface area contributed by atoms with Crippen LogP contribution in [0.2, 0.25) is 0 Å². The topological polar surface area (TPSA) is 37.8 Å². The monoisotopic (exact) mass is 299 g/mol. The first-order valence-electron chi connectivity index (χ1n) is 6.64. The van der Waals surface area contributed by atoms with Gasteiger partial charge in [-0.25, -0.2) is 9.37 Å². The van der Waals surface area contributed by atoms with Crippen molar-refractivity contribution in [3.63, 3.8) is 0 Å². The van der Waals surface area contributed by atoms with Crippen molar-refractivity contribution in [2.45, 2.75) is 6.42 Å². The van der Waals surface area contributed by atoms with Gasteiger partial charge in [-0.05, 0) is 36.4 Å². The van der Waals surface area contributed by atoms with Gasteiger partial charge in [0.25, 0.3) is 0 Å². The molecular weight excluding hydrogens is 285 g/mol.